The lowest BCUT2D eigenvalue weighted by atomic mass is 9.86. The normalized spacial score (nSPS) is 12.0. The third-order valence-electron chi connectivity index (χ3n) is 3.14. The van der Waals surface area contributed by atoms with E-state index in [0.717, 1.165) is 11.3 Å². The van der Waals surface area contributed by atoms with Crippen molar-refractivity contribution >= 4 is 11.9 Å². The van der Waals surface area contributed by atoms with E-state index in [0.29, 0.717) is 0 Å². The zero-order valence-electron chi connectivity index (χ0n) is 12.1. The molecule has 0 heterocycles. The summed E-state index contributed by atoms with van der Waals surface area (Å²) in [5.74, 6) is 0. The lowest BCUT2D eigenvalue weighted by Crippen LogP contribution is -2.11. The average molecular weight is 251 g/mol. The van der Waals surface area contributed by atoms with Crippen LogP contribution in [0, 0.1) is 6.92 Å². The lowest BCUT2D eigenvalue weighted by Gasteiger charge is -2.20. The topological polar surface area (TPSA) is 12.4 Å². The van der Waals surface area contributed by atoms with Crippen LogP contribution in [0.4, 0.5) is 5.69 Å². The molecule has 0 aliphatic carbocycles. The standard InChI is InChI=1S/C18H21N/c1-14-9-11-15(12-10-14)13-19-17-8-6-5-7-16(17)18(2,3)4/h5-13H,1-4H3. The van der Waals surface area contributed by atoms with Gasteiger partial charge in [-0.15, -0.1) is 0 Å². The summed E-state index contributed by atoms with van der Waals surface area (Å²) >= 11 is 0. The molecule has 0 radical (unpaired) electrons. The second-order valence-electron chi connectivity index (χ2n) is 5.94. The Balaban J connectivity index is 2.31. The SMILES string of the molecule is Cc1ccc(C=Nc2ccccc2C(C)(C)C)cc1. The number of rotatable bonds is 2. The Morgan fingerprint density at radius 1 is 0.895 bits per heavy atom. The number of aliphatic imine (C=N–C) groups is 1. The molecule has 0 fully saturated rings. The fourth-order valence-corrected chi connectivity index (χ4v) is 2.02. The van der Waals surface area contributed by atoms with Gasteiger partial charge in [0.05, 0.1) is 5.69 Å². The van der Waals surface area contributed by atoms with E-state index in [2.05, 4.69) is 75.2 Å². The highest BCUT2D eigenvalue weighted by molar-refractivity contribution is 5.82. The molecule has 0 bridgehead atoms. The van der Waals surface area contributed by atoms with Crippen molar-refractivity contribution in [2.75, 3.05) is 0 Å². The van der Waals surface area contributed by atoms with E-state index in [1.807, 2.05) is 12.3 Å². The Bertz CT molecular complexity index is 571. The first-order valence-corrected chi connectivity index (χ1v) is 6.67. The molecule has 1 heteroatoms. The molecule has 0 N–H and O–H groups in total. The Hall–Kier alpha value is -1.89. The molecule has 0 saturated heterocycles. The van der Waals surface area contributed by atoms with E-state index in [-0.39, 0.29) is 5.41 Å². The molecule has 0 amide bonds. The summed E-state index contributed by atoms with van der Waals surface area (Å²) in [6.07, 6.45) is 1.93. The smallest absolute Gasteiger partial charge is 0.0667 e. The van der Waals surface area contributed by atoms with E-state index < -0.39 is 0 Å². The molecule has 0 aromatic heterocycles. The molecule has 2 aromatic rings. The van der Waals surface area contributed by atoms with E-state index >= 15 is 0 Å². The van der Waals surface area contributed by atoms with Gasteiger partial charge >= 0.3 is 0 Å². The van der Waals surface area contributed by atoms with Crippen LogP contribution in [0.5, 0.6) is 0 Å². The lowest BCUT2D eigenvalue weighted by molar-refractivity contribution is 0.591. The third-order valence-corrected chi connectivity index (χ3v) is 3.14. The van der Waals surface area contributed by atoms with Gasteiger partial charge in [-0.1, -0.05) is 68.8 Å². The number of hydrogen-bond donors (Lipinski definition) is 0. The largest absolute Gasteiger partial charge is 0.256 e. The fraction of sp³-hybridized carbons (Fsp3) is 0.278. The zero-order valence-corrected chi connectivity index (χ0v) is 12.1. The van der Waals surface area contributed by atoms with Gasteiger partial charge in [-0.3, -0.25) is 4.99 Å². The second kappa shape index (κ2) is 5.40. The molecule has 0 aliphatic heterocycles. The van der Waals surface area contributed by atoms with Crippen molar-refractivity contribution in [2.45, 2.75) is 33.1 Å². The predicted molar refractivity (Wildman–Crippen MR) is 83.6 cm³/mol. The van der Waals surface area contributed by atoms with Crippen molar-refractivity contribution in [1.82, 2.24) is 0 Å². The number of benzene rings is 2. The maximum atomic E-state index is 4.65. The van der Waals surface area contributed by atoms with E-state index in [4.69, 9.17) is 0 Å². The van der Waals surface area contributed by atoms with Crippen LogP contribution in [0.25, 0.3) is 0 Å². The molecule has 0 spiro atoms. The molecule has 19 heavy (non-hydrogen) atoms. The first-order valence-electron chi connectivity index (χ1n) is 6.67. The Morgan fingerprint density at radius 2 is 1.53 bits per heavy atom. The zero-order chi connectivity index (χ0) is 13.9. The quantitative estimate of drug-likeness (QED) is 0.663. The number of aryl methyl sites for hydroxylation is 1. The second-order valence-corrected chi connectivity index (χ2v) is 5.94. The molecular weight excluding hydrogens is 230 g/mol. The summed E-state index contributed by atoms with van der Waals surface area (Å²) in [5.41, 5.74) is 4.84. The van der Waals surface area contributed by atoms with Gasteiger partial charge in [0.1, 0.15) is 0 Å². The Labute approximate surface area is 116 Å². The molecule has 0 atom stereocenters. The maximum absolute atomic E-state index is 4.65. The summed E-state index contributed by atoms with van der Waals surface area (Å²) in [4.78, 5) is 4.65. The van der Waals surface area contributed by atoms with Crippen molar-refractivity contribution in [1.29, 1.82) is 0 Å². The minimum Gasteiger partial charge on any atom is -0.256 e. The van der Waals surface area contributed by atoms with E-state index in [1.54, 1.807) is 0 Å². The summed E-state index contributed by atoms with van der Waals surface area (Å²) in [6, 6.07) is 16.8. The van der Waals surface area contributed by atoms with Gasteiger partial charge in [0.25, 0.3) is 0 Å². The van der Waals surface area contributed by atoms with Crippen LogP contribution in [0.3, 0.4) is 0 Å². The monoisotopic (exact) mass is 251 g/mol. The Morgan fingerprint density at radius 3 is 2.16 bits per heavy atom. The number of para-hydroxylation sites is 1. The minimum absolute atomic E-state index is 0.112. The van der Waals surface area contributed by atoms with Crippen LogP contribution in [-0.2, 0) is 5.41 Å². The first kappa shape index (κ1) is 13.5. The van der Waals surface area contributed by atoms with Crippen molar-refractivity contribution < 1.29 is 0 Å². The van der Waals surface area contributed by atoms with Crippen LogP contribution >= 0.6 is 0 Å². The van der Waals surface area contributed by atoms with E-state index in [9.17, 15) is 0 Å². The summed E-state index contributed by atoms with van der Waals surface area (Å²) in [5, 5.41) is 0. The highest BCUT2D eigenvalue weighted by Gasteiger charge is 2.16. The van der Waals surface area contributed by atoms with Gasteiger partial charge < -0.3 is 0 Å². The predicted octanol–water partition coefficient (Wildman–Crippen LogP) is 5.04. The highest BCUT2D eigenvalue weighted by Crippen LogP contribution is 2.30. The van der Waals surface area contributed by atoms with Gasteiger partial charge in [-0.2, -0.15) is 0 Å². The molecule has 1 nitrogen and oxygen atoms in total. The molecular formula is C18H21N. The van der Waals surface area contributed by atoms with Crippen molar-refractivity contribution in [3.63, 3.8) is 0 Å². The molecule has 0 aliphatic rings. The molecule has 2 aromatic carbocycles. The van der Waals surface area contributed by atoms with E-state index in [1.165, 1.54) is 11.1 Å². The number of hydrogen-bond acceptors (Lipinski definition) is 1. The van der Waals surface area contributed by atoms with Gasteiger partial charge in [0.2, 0.25) is 0 Å². The van der Waals surface area contributed by atoms with Crippen LogP contribution in [-0.4, -0.2) is 6.21 Å². The fourth-order valence-electron chi connectivity index (χ4n) is 2.02. The summed E-state index contributed by atoms with van der Waals surface area (Å²) < 4.78 is 0. The molecule has 2 rings (SSSR count). The Kier molecular flexibility index (Phi) is 3.84. The van der Waals surface area contributed by atoms with Crippen LogP contribution in [0.1, 0.15) is 37.5 Å². The molecule has 98 valence electrons. The molecule has 0 saturated carbocycles. The minimum atomic E-state index is 0.112. The van der Waals surface area contributed by atoms with Gasteiger partial charge in [-0.25, -0.2) is 0 Å². The highest BCUT2D eigenvalue weighted by atomic mass is 14.7. The van der Waals surface area contributed by atoms with Gasteiger partial charge in [0.15, 0.2) is 0 Å². The first-order chi connectivity index (χ1) is 8.97. The summed E-state index contributed by atoms with van der Waals surface area (Å²) in [7, 11) is 0. The molecule has 0 unspecified atom stereocenters. The van der Waals surface area contributed by atoms with Crippen molar-refractivity contribution in [3.8, 4) is 0 Å². The van der Waals surface area contributed by atoms with Crippen molar-refractivity contribution in [2.24, 2.45) is 4.99 Å². The van der Waals surface area contributed by atoms with Crippen molar-refractivity contribution in [3.05, 3.63) is 65.2 Å². The van der Waals surface area contributed by atoms with Crippen LogP contribution in [0.15, 0.2) is 53.5 Å². The van der Waals surface area contributed by atoms with Gasteiger partial charge in [-0.05, 0) is 29.5 Å². The average Bonchev–Trinajstić information content (AvgIpc) is 2.37. The maximum Gasteiger partial charge on any atom is 0.0667 e. The third kappa shape index (κ3) is 3.54. The van der Waals surface area contributed by atoms with Crippen LogP contribution < -0.4 is 0 Å². The van der Waals surface area contributed by atoms with Gasteiger partial charge in [0, 0.05) is 6.21 Å². The number of nitrogens with zero attached hydrogens (tertiary/aromatic N) is 1. The van der Waals surface area contributed by atoms with Crippen LogP contribution in [0.2, 0.25) is 0 Å². The summed E-state index contributed by atoms with van der Waals surface area (Å²) in [6.45, 7) is 8.74.